The van der Waals surface area contributed by atoms with Crippen molar-refractivity contribution in [2.24, 2.45) is 5.73 Å². The molecular weight excluding hydrogens is 236 g/mol. The second kappa shape index (κ2) is 4.65. The average molecular weight is 254 g/mol. The lowest BCUT2D eigenvalue weighted by Crippen LogP contribution is -2.43. The molecule has 1 amide bonds. The molecule has 1 aliphatic carbocycles. The summed E-state index contributed by atoms with van der Waals surface area (Å²) in [6.45, 7) is 0. The molecule has 0 saturated heterocycles. The number of para-hydroxylation sites is 1. The highest BCUT2D eigenvalue weighted by Crippen LogP contribution is 2.38. The lowest BCUT2D eigenvalue weighted by molar-refractivity contribution is -0.124. The lowest BCUT2D eigenvalue weighted by Gasteiger charge is -2.33. The average Bonchev–Trinajstić information content (AvgIpc) is 2.47. The Bertz CT molecular complexity index is 615. The summed E-state index contributed by atoms with van der Waals surface area (Å²) < 4.78 is 0. The Kier molecular flexibility index (Phi) is 2.97. The largest absolute Gasteiger partial charge is 0.369 e. The lowest BCUT2D eigenvalue weighted by atomic mass is 9.71. The molecule has 19 heavy (non-hydrogen) atoms. The van der Waals surface area contributed by atoms with E-state index in [-0.39, 0.29) is 5.91 Å². The van der Waals surface area contributed by atoms with E-state index in [1.165, 1.54) is 6.42 Å². The fourth-order valence-electron chi connectivity index (χ4n) is 3.12. The maximum absolute atomic E-state index is 12.0. The first kappa shape index (κ1) is 12.2. The van der Waals surface area contributed by atoms with Gasteiger partial charge in [-0.25, -0.2) is 0 Å². The number of nitrogens with two attached hydrogens (primary N) is 1. The van der Waals surface area contributed by atoms with Gasteiger partial charge in [0.05, 0.1) is 16.6 Å². The monoisotopic (exact) mass is 254 g/mol. The van der Waals surface area contributed by atoms with Gasteiger partial charge in [-0.3, -0.25) is 9.78 Å². The van der Waals surface area contributed by atoms with Gasteiger partial charge in [0.2, 0.25) is 5.91 Å². The molecule has 0 unspecified atom stereocenters. The number of amides is 1. The van der Waals surface area contributed by atoms with E-state index in [9.17, 15) is 4.79 Å². The molecule has 0 radical (unpaired) electrons. The minimum Gasteiger partial charge on any atom is -0.369 e. The third-order valence-corrected chi connectivity index (χ3v) is 4.27. The van der Waals surface area contributed by atoms with Crippen LogP contribution in [0.1, 0.15) is 37.8 Å². The molecule has 0 spiro atoms. The van der Waals surface area contributed by atoms with Crippen LogP contribution in [-0.4, -0.2) is 10.9 Å². The SMILES string of the molecule is NC(=O)C1(c2ccc3ccccc3n2)CCCCC1. The number of carbonyl (C=O) groups is 1. The van der Waals surface area contributed by atoms with Crippen LogP contribution in [0.5, 0.6) is 0 Å². The maximum Gasteiger partial charge on any atom is 0.229 e. The fourth-order valence-corrected chi connectivity index (χ4v) is 3.12. The number of hydrogen-bond acceptors (Lipinski definition) is 2. The van der Waals surface area contributed by atoms with Gasteiger partial charge in [0.15, 0.2) is 0 Å². The van der Waals surface area contributed by atoms with E-state index in [0.29, 0.717) is 0 Å². The van der Waals surface area contributed by atoms with E-state index < -0.39 is 5.41 Å². The van der Waals surface area contributed by atoms with Gasteiger partial charge in [-0.1, -0.05) is 43.5 Å². The van der Waals surface area contributed by atoms with Crippen LogP contribution in [0, 0.1) is 0 Å². The fraction of sp³-hybridized carbons (Fsp3) is 0.375. The van der Waals surface area contributed by atoms with Crippen molar-refractivity contribution in [1.82, 2.24) is 4.98 Å². The summed E-state index contributed by atoms with van der Waals surface area (Å²) in [5.74, 6) is -0.227. The molecule has 1 fully saturated rings. The van der Waals surface area contributed by atoms with E-state index >= 15 is 0 Å². The molecule has 2 N–H and O–H groups in total. The quantitative estimate of drug-likeness (QED) is 0.895. The summed E-state index contributed by atoms with van der Waals surface area (Å²) in [7, 11) is 0. The molecule has 1 aliphatic rings. The summed E-state index contributed by atoms with van der Waals surface area (Å²) in [6, 6.07) is 12.0. The maximum atomic E-state index is 12.0. The number of primary amides is 1. The third-order valence-electron chi connectivity index (χ3n) is 4.27. The highest BCUT2D eigenvalue weighted by atomic mass is 16.1. The van der Waals surface area contributed by atoms with Crippen molar-refractivity contribution in [2.75, 3.05) is 0 Å². The Morgan fingerprint density at radius 2 is 1.79 bits per heavy atom. The Balaban J connectivity index is 2.12. The molecule has 1 saturated carbocycles. The first-order valence-electron chi connectivity index (χ1n) is 6.89. The summed E-state index contributed by atoms with van der Waals surface area (Å²) in [4.78, 5) is 16.7. The summed E-state index contributed by atoms with van der Waals surface area (Å²) in [6.07, 6.45) is 4.94. The second-order valence-corrected chi connectivity index (χ2v) is 5.40. The van der Waals surface area contributed by atoms with E-state index in [1.54, 1.807) is 0 Å². The number of nitrogens with zero attached hydrogens (tertiary/aromatic N) is 1. The van der Waals surface area contributed by atoms with Crippen molar-refractivity contribution < 1.29 is 4.79 Å². The van der Waals surface area contributed by atoms with Crippen LogP contribution in [0.2, 0.25) is 0 Å². The van der Waals surface area contributed by atoms with Gasteiger partial charge in [0.25, 0.3) is 0 Å². The van der Waals surface area contributed by atoms with Crippen molar-refractivity contribution in [2.45, 2.75) is 37.5 Å². The van der Waals surface area contributed by atoms with E-state index in [0.717, 1.165) is 42.3 Å². The van der Waals surface area contributed by atoms with Crippen LogP contribution in [0.15, 0.2) is 36.4 Å². The Labute approximate surface area is 112 Å². The summed E-state index contributed by atoms with van der Waals surface area (Å²) >= 11 is 0. The molecular formula is C16H18N2O. The number of pyridine rings is 1. The Morgan fingerprint density at radius 3 is 2.53 bits per heavy atom. The Morgan fingerprint density at radius 1 is 1.05 bits per heavy atom. The molecule has 1 aromatic heterocycles. The molecule has 2 aromatic rings. The van der Waals surface area contributed by atoms with Crippen LogP contribution < -0.4 is 5.73 Å². The van der Waals surface area contributed by atoms with Crippen LogP contribution in [0.4, 0.5) is 0 Å². The van der Waals surface area contributed by atoms with Crippen LogP contribution in [-0.2, 0) is 10.2 Å². The minimum absolute atomic E-state index is 0.227. The van der Waals surface area contributed by atoms with Crippen molar-refractivity contribution in [3.63, 3.8) is 0 Å². The van der Waals surface area contributed by atoms with Gasteiger partial charge in [0.1, 0.15) is 0 Å². The van der Waals surface area contributed by atoms with E-state index in [1.807, 2.05) is 36.4 Å². The van der Waals surface area contributed by atoms with Crippen molar-refractivity contribution in [1.29, 1.82) is 0 Å². The zero-order valence-electron chi connectivity index (χ0n) is 10.9. The zero-order chi connectivity index (χ0) is 13.3. The van der Waals surface area contributed by atoms with Gasteiger partial charge in [-0.15, -0.1) is 0 Å². The number of rotatable bonds is 2. The number of aromatic nitrogens is 1. The standard InChI is InChI=1S/C16H18N2O/c17-15(19)16(10-4-1-5-11-16)14-9-8-12-6-2-3-7-13(12)18-14/h2-3,6-9H,1,4-5,10-11H2,(H2,17,19). The molecule has 1 heterocycles. The molecule has 0 atom stereocenters. The first-order chi connectivity index (χ1) is 9.22. The topological polar surface area (TPSA) is 56.0 Å². The van der Waals surface area contributed by atoms with Crippen LogP contribution in [0.3, 0.4) is 0 Å². The van der Waals surface area contributed by atoms with Gasteiger partial charge in [-0.05, 0) is 25.0 Å². The van der Waals surface area contributed by atoms with E-state index in [2.05, 4.69) is 0 Å². The van der Waals surface area contributed by atoms with E-state index in [4.69, 9.17) is 10.7 Å². The predicted octanol–water partition coefficient (Wildman–Crippen LogP) is 2.92. The minimum atomic E-state index is -0.553. The molecule has 98 valence electrons. The van der Waals surface area contributed by atoms with Crippen molar-refractivity contribution in [3.05, 3.63) is 42.1 Å². The summed E-state index contributed by atoms with van der Waals surface area (Å²) in [5.41, 5.74) is 6.93. The smallest absolute Gasteiger partial charge is 0.229 e. The normalized spacial score (nSPS) is 18.3. The first-order valence-corrected chi connectivity index (χ1v) is 6.89. The predicted molar refractivity (Wildman–Crippen MR) is 75.7 cm³/mol. The van der Waals surface area contributed by atoms with Gasteiger partial charge in [0, 0.05) is 5.39 Å². The highest BCUT2D eigenvalue weighted by molar-refractivity contribution is 5.87. The molecule has 3 nitrogen and oxygen atoms in total. The van der Waals surface area contributed by atoms with Crippen LogP contribution in [0.25, 0.3) is 10.9 Å². The second-order valence-electron chi connectivity index (χ2n) is 5.40. The summed E-state index contributed by atoms with van der Waals surface area (Å²) in [5, 5.41) is 1.10. The molecule has 1 aromatic carbocycles. The van der Waals surface area contributed by atoms with Gasteiger partial charge >= 0.3 is 0 Å². The third kappa shape index (κ3) is 1.99. The van der Waals surface area contributed by atoms with Crippen molar-refractivity contribution in [3.8, 4) is 0 Å². The van der Waals surface area contributed by atoms with Gasteiger partial charge < -0.3 is 5.73 Å². The van der Waals surface area contributed by atoms with Crippen LogP contribution >= 0.6 is 0 Å². The highest BCUT2D eigenvalue weighted by Gasteiger charge is 2.40. The number of carbonyl (C=O) groups excluding carboxylic acids is 1. The number of hydrogen-bond donors (Lipinski definition) is 1. The molecule has 3 rings (SSSR count). The molecule has 0 aliphatic heterocycles. The zero-order valence-corrected chi connectivity index (χ0v) is 10.9. The molecule has 3 heteroatoms. The van der Waals surface area contributed by atoms with Crippen molar-refractivity contribution >= 4 is 16.8 Å². The number of fused-ring (bicyclic) bond motifs is 1. The number of benzene rings is 1. The Hall–Kier alpha value is -1.90. The van der Waals surface area contributed by atoms with Gasteiger partial charge in [-0.2, -0.15) is 0 Å². The molecule has 0 bridgehead atoms.